The van der Waals surface area contributed by atoms with Crippen LogP contribution in [0.2, 0.25) is 0 Å². The van der Waals surface area contributed by atoms with Crippen molar-refractivity contribution in [2.24, 2.45) is 5.92 Å². The average Bonchev–Trinajstić information content (AvgIpc) is 2.93. The molecule has 2 saturated heterocycles. The SMILES string of the molecule is CC1CCN(C(=O)C=Cc2ccc(N3CCCS3(=O)=O)cc2)CC1. The number of rotatable bonds is 3. The predicted octanol–water partition coefficient (Wildman–Crippen LogP) is 2.50. The van der Waals surface area contributed by atoms with Gasteiger partial charge in [0.25, 0.3) is 0 Å². The molecule has 0 saturated carbocycles. The van der Waals surface area contributed by atoms with Crippen LogP contribution >= 0.6 is 0 Å². The van der Waals surface area contributed by atoms with E-state index in [-0.39, 0.29) is 11.7 Å². The van der Waals surface area contributed by atoms with Crippen LogP contribution in [0.3, 0.4) is 0 Å². The van der Waals surface area contributed by atoms with E-state index in [0.717, 1.165) is 31.5 Å². The standard InChI is InChI=1S/C18H24N2O3S/c1-15-9-12-19(13-10-15)18(21)8-5-16-3-6-17(7-4-16)20-11-2-14-24(20,22)23/h3-8,15H,2,9-14H2,1H3. The van der Waals surface area contributed by atoms with E-state index in [1.165, 1.54) is 4.31 Å². The first-order valence-corrected chi connectivity index (χ1v) is 10.1. The molecule has 0 atom stereocenters. The Labute approximate surface area is 144 Å². The Bertz CT molecular complexity index is 717. The van der Waals surface area contributed by atoms with Crippen molar-refractivity contribution in [3.05, 3.63) is 35.9 Å². The summed E-state index contributed by atoms with van der Waals surface area (Å²) in [5.41, 5.74) is 1.59. The summed E-state index contributed by atoms with van der Waals surface area (Å²) in [4.78, 5) is 14.1. The zero-order chi connectivity index (χ0) is 17.2. The van der Waals surface area contributed by atoms with Gasteiger partial charge in [0.05, 0.1) is 11.4 Å². The molecule has 0 spiro atoms. The Kier molecular flexibility index (Phi) is 4.94. The molecule has 1 aromatic carbocycles. The van der Waals surface area contributed by atoms with Crippen molar-refractivity contribution in [3.8, 4) is 0 Å². The highest BCUT2D eigenvalue weighted by Gasteiger charge is 2.28. The smallest absolute Gasteiger partial charge is 0.246 e. The third-order valence-electron chi connectivity index (χ3n) is 4.79. The zero-order valence-electron chi connectivity index (χ0n) is 14.0. The highest BCUT2D eigenvalue weighted by Crippen LogP contribution is 2.24. The van der Waals surface area contributed by atoms with Gasteiger partial charge in [0.1, 0.15) is 0 Å². The van der Waals surface area contributed by atoms with Crippen molar-refractivity contribution in [2.75, 3.05) is 29.7 Å². The minimum Gasteiger partial charge on any atom is -0.339 e. The molecule has 1 aromatic rings. The molecule has 1 amide bonds. The van der Waals surface area contributed by atoms with Crippen molar-refractivity contribution in [1.82, 2.24) is 4.90 Å². The van der Waals surface area contributed by atoms with Gasteiger partial charge in [-0.1, -0.05) is 19.1 Å². The second-order valence-electron chi connectivity index (χ2n) is 6.67. The van der Waals surface area contributed by atoms with E-state index >= 15 is 0 Å². The van der Waals surface area contributed by atoms with E-state index in [4.69, 9.17) is 0 Å². The molecule has 24 heavy (non-hydrogen) atoms. The van der Waals surface area contributed by atoms with Crippen molar-refractivity contribution >= 4 is 27.7 Å². The van der Waals surface area contributed by atoms with Crippen molar-refractivity contribution in [2.45, 2.75) is 26.2 Å². The second-order valence-corrected chi connectivity index (χ2v) is 8.69. The van der Waals surface area contributed by atoms with Crippen LogP contribution in [0.4, 0.5) is 5.69 Å². The van der Waals surface area contributed by atoms with Gasteiger partial charge >= 0.3 is 0 Å². The molecule has 2 heterocycles. The summed E-state index contributed by atoms with van der Waals surface area (Å²) in [7, 11) is -3.14. The van der Waals surface area contributed by atoms with Crippen LogP contribution in [0.15, 0.2) is 30.3 Å². The molecule has 0 bridgehead atoms. The summed E-state index contributed by atoms with van der Waals surface area (Å²) in [6, 6.07) is 7.31. The summed E-state index contributed by atoms with van der Waals surface area (Å²) in [5, 5.41) is 0. The number of piperidine rings is 1. The molecule has 6 heteroatoms. The van der Waals surface area contributed by atoms with Crippen LogP contribution in [0.5, 0.6) is 0 Å². The molecule has 2 fully saturated rings. The number of hydrogen-bond donors (Lipinski definition) is 0. The molecule has 0 radical (unpaired) electrons. The first-order valence-electron chi connectivity index (χ1n) is 8.53. The minimum absolute atomic E-state index is 0.0492. The third-order valence-corrected chi connectivity index (χ3v) is 6.66. The maximum absolute atomic E-state index is 12.2. The molecule has 130 valence electrons. The maximum Gasteiger partial charge on any atom is 0.246 e. The average molecular weight is 348 g/mol. The van der Waals surface area contributed by atoms with Gasteiger partial charge in [-0.15, -0.1) is 0 Å². The van der Waals surface area contributed by atoms with Crippen LogP contribution in [-0.2, 0) is 14.8 Å². The van der Waals surface area contributed by atoms with E-state index in [1.54, 1.807) is 24.3 Å². The number of anilines is 1. The molecule has 0 unspecified atom stereocenters. The van der Waals surface area contributed by atoms with Gasteiger partial charge < -0.3 is 4.90 Å². The van der Waals surface area contributed by atoms with Crippen LogP contribution in [0, 0.1) is 5.92 Å². The lowest BCUT2D eigenvalue weighted by Gasteiger charge is -2.29. The van der Waals surface area contributed by atoms with Crippen molar-refractivity contribution in [3.63, 3.8) is 0 Å². The van der Waals surface area contributed by atoms with Gasteiger partial charge in [-0.3, -0.25) is 9.10 Å². The molecule has 3 rings (SSSR count). The summed E-state index contributed by atoms with van der Waals surface area (Å²) in [6.07, 6.45) is 6.21. The molecular formula is C18H24N2O3S. The zero-order valence-corrected chi connectivity index (χ0v) is 14.8. The first-order chi connectivity index (χ1) is 11.5. The highest BCUT2D eigenvalue weighted by molar-refractivity contribution is 7.93. The van der Waals surface area contributed by atoms with Gasteiger partial charge in [-0.2, -0.15) is 0 Å². The Hall–Kier alpha value is -1.82. The van der Waals surface area contributed by atoms with Crippen molar-refractivity contribution in [1.29, 1.82) is 0 Å². The number of hydrogen-bond acceptors (Lipinski definition) is 3. The normalized spacial score (nSPS) is 21.5. The third kappa shape index (κ3) is 3.80. The Balaban J connectivity index is 1.63. The Morgan fingerprint density at radius 3 is 2.38 bits per heavy atom. The fourth-order valence-electron chi connectivity index (χ4n) is 3.18. The monoisotopic (exact) mass is 348 g/mol. The number of nitrogens with zero attached hydrogens (tertiary/aromatic N) is 2. The van der Waals surface area contributed by atoms with Crippen LogP contribution in [0.25, 0.3) is 6.08 Å². The molecule has 0 N–H and O–H groups in total. The highest BCUT2D eigenvalue weighted by atomic mass is 32.2. The number of sulfonamides is 1. The topological polar surface area (TPSA) is 57.7 Å². The lowest BCUT2D eigenvalue weighted by atomic mass is 9.99. The second kappa shape index (κ2) is 6.97. The summed E-state index contributed by atoms with van der Waals surface area (Å²) < 4.78 is 25.3. The molecule has 0 aromatic heterocycles. The fraction of sp³-hybridized carbons (Fsp3) is 0.500. The number of carbonyl (C=O) groups excluding carboxylic acids is 1. The molecule has 2 aliphatic rings. The molecule has 0 aliphatic carbocycles. The van der Waals surface area contributed by atoms with Crippen LogP contribution in [0.1, 0.15) is 31.7 Å². The van der Waals surface area contributed by atoms with Crippen LogP contribution < -0.4 is 4.31 Å². The van der Waals surface area contributed by atoms with Gasteiger partial charge in [0, 0.05) is 25.7 Å². The lowest BCUT2D eigenvalue weighted by Crippen LogP contribution is -2.36. The predicted molar refractivity (Wildman–Crippen MR) is 96.2 cm³/mol. The summed E-state index contributed by atoms with van der Waals surface area (Å²) in [5.74, 6) is 0.970. The maximum atomic E-state index is 12.2. The quantitative estimate of drug-likeness (QED) is 0.789. The van der Waals surface area contributed by atoms with E-state index in [1.807, 2.05) is 17.0 Å². The van der Waals surface area contributed by atoms with Gasteiger partial charge in [0.2, 0.25) is 15.9 Å². The van der Waals surface area contributed by atoms with Gasteiger partial charge in [-0.25, -0.2) is 8.42 Å². The summed E-state index contributed by atoms with van der Waals surface area (Å²) in [6.45, 7) is 4.43. The van der Waals surface area contributed by atoms with Crippen LogP contribution in [-0.4, -0.2) is 44.6 Å². The number of benzene rings is 1. The van der Waals surface area contributed by atoms with Gasteiger partial charge in [0.15, 0.2) is 0 Å². The number of likely N-dealkylation sites (tertiary alicyclic amines) is 1. The van der Waals surface area contributed by atoms with Crippen molar-refractivity contribution < 1.29 is 13.2 Å². The molecular weight excluding hydrogens is 324 g/mol. The summed E-state index contributed by atoms with van der Waals surface area (Å²) >= 11 is 0. The number of carbonyl (C=O) groups is 1. The van der Waals surface area contributed by atoms with E-state index in [9.17, 15) is 13.2 Å². The Morgan fingerprint density at radius 1 is 1.12 bits per heavy atom. The number of amides is 1. The molecule has 5 nitrogen and oxygen atoms in total. The van der Waals surface area contributed by atoms with E-state index in [2.05, 4.69) is 6.92 Å². The minimum atomic E-state index is -3.14. The molecule has 2 aliphatic heterocycles. The van der Waals surface area contributed by atoms with Gasteiger partial charge in [-0.05, 0) is 49.0 Å². The van der Waals surface area contributed by atoms with E-state index in [0.29, 0.717) is 24.6 Å². The lowest BCUT2D eigenvalue weighted by molar-refractivity contribution is -0.127. The van der Waals surface area contributed by atoms with E-state index < -0.39 is 10.0 Å². The largest absolute Gasteiger partial charge is 0.339 e. The Morgan fingerprint density at radius 2 is 1.79 bits per heavy atom. The fourth-order valence-corrected chi connectivity index (χ4v) is 4.75. The first kappa shape index (κ1) is 17.0.